The highest BCUT2D eigenvalue weighted by Gasteiger charge is 2.35. The number of carbonyl (C=O) groups is 1. The van der Waals surface area contributed by atoms with E-state index >= 15 is 0 Å². The van der Waals surface area contributed by atoms with Crippen molar-refractivity contribution in [2.24, 2.45) is 0 Å². The molecular formula is C15H18F3NO2S. The van der Waals surface area contributed by atoms with E-state index in [4.69, 9.17) is 4.74 Å². The molecule has 1 amide bonds. The average Bonchev–Trinajstić information content (AvgIpc) is 2.47. The van der Waals surface area contributed by atoms with Gasteiger partial charge in [-0.3, -0.25) is 4.79 Å². The molecule has 3 nitrogen and oxygen atoms in total. The molecule has 1 saturated heterocycles. The zero-order valence-electron chi connectivity index (χ0n) is 12.2. The second-order valence-electron chi connectivity index (χ2n) is 5.15. The Kier molecular flexibility index (Phi) is 5.61. The van der Waals surface area contributed by atoms with Gasteiger partial charge in [0.15, 0.2) is 6.10 Å². The van der Waals surface area contributed by atoms with Crippen LogP contribution < -0.4 is 10.1 Å². The van der Waals surface area contributed by atoms with Crippen molar-refractivity contribution in [1.29, 1.82) is 0 Å². The molecule has 1 aromatic rings. The highest BCUT2D eigenvalue weighted by molar-refractivity contribution is 7.99. The van der Waals surface area contributed by atoms with Gasteiger partial charge in [-0.2, -0.15) is 24.9 Å². The minimum absolute atomic E-state index is 0.0812. The molecule has 0 bridgehead atoms. The first-order chi connectivity index (χ1) is 10.4. The summed E-state index contributed by atoms with van der Waals surface area (Å²) in [7, 11) is 0. The fourth-order valence-corrected chi connectivity index (χ4v) is 3.31. The standard InChI is InChI=1S/C15H18F3NO2S/c1-10(14(20)19-11-6-8-22-9-7-11)21-13-5-3-2-4-12(13)15(16,17)18/h2-5,10-11H,6-9H2,1H3,(H,19,20)/t10-/m0/s1. The first-order valence-corrected chi connectivity index (χ1v) is 8.24. The third-order valence-corrected chi connectivity index (χ3v) is 4.48. The molecule has 7 heteroatoms. The van der Waals surface area contributed by atoms with Gasteiger partial charge >= 0.3 is 6.18 Å². The lowest BCUT2D eigenvalue weighted by Crippen LogP contribution is -2.44. The van der Waals surface area contributed by atoms with Gasteiger partial charge in [-0.15, -0.1) is 0 Å². The van der Waals surface area contributed by atoms with E-state index in [0.29, 0.717) is 0 Å². The molecule has 1 aliphatic heterocycles. The van der Waals surface area contributed by atoms with Gasteiger partial charge in [0.25, 0.3) is 5.91 Å². The Morgan fingerprint density at radius 3 is 2.59 bits per heavy atom. The summed E-state index contributed by atoms with van der Waals surface area (Å²) in [6.45, 7) is 1.46. The number of halogens is 3. The van der Waals surface area contributed by atoms with Crippen LogP contribution in [0.2, 0.25) is 0 Å². The van der Waals surface area contributed by atoms with Gasteiger partial charge in [0, 0.05) is 6.04 Å². The topological polar surface area (TPSA) is 38.3 Å². The Balaban J connectivity index is 1.99. The Morgan fingerprint density at radius 1 is 1.32 bits per heavy atom. The highest BCUT2D eigenvalue weighted by Crippen LogP contribution is 2.36. The van der Waals surface area contributed by atoms with Crippen LogP contribution in [0.5, 0.6) is 5.75 Å². The van der Waals surface area contributed by atoms with Crippen molar-refractivity contribution in [3.05, 3.63) is 29.8 Å². The second kappa shape index (κ2) is 7.26. The Labute approximate surface area is 131 Å². The van der Waals surface area contributed by atoms with Gasteiger partial charge < -0.3 is 10.1 Å². The first-order valence-electron chi connectivity index (χ1n) is 7.09. The second-order valence-corrected chi connectivity index (χ2v) is 6.37. The van der Waals surface area contributed by atoms with Crippen LogP contribution in [0, 0.1) is 0 Å². The molecule has 1 fully saturated rings. The molecule has 0 radical (unpaired) electrons. The summed E-state index contributed by atoms with van der Waals surface area (Å²) < 4.78 is 43.9. The van der Waals surface area contributed by atoms with Gasteiger partial charge in [0.2, 0.25) is 0 Å². The highest BCUT2D eigenvalue weighted by atomic mass is 32.2. The lowest BCUT2D eigenvalue weighted by molar-refractivity contribution is -0.140. The summed E-state index contributed by atoms with van der Waals surface area (Å²) in [6, 6.07) is 4.99. The average molecular weight is 333 g/mol. The van der Waals surface area contributed by atoms with Crippen LogP contribution in [-0.2, 0) is 11.0 Å². The molecule has 1 atom stereocenters. The number of alkyl halides is 3. The maximum absolute atomic E-state index is 12.9. The minimum Gasteiger partial charge on any atom is -0.480 e. The van der Waals surface area contributed by atoms with Crippen LogP contribution in [0.4, 0.5) is 13.2 Å². The number of carbonyl (C=O) groups excluding carboxylic acids is 1. The van der Waals surface area contributed by atoms with Crippen molar-refractivity contribution in [2.45, 2.75) is 38.1 Å². The lowest BCUT2D eigenvalue weighted by atomic mass is 10.1. The third kappa shape index (κ3) is 4.56. The maximum atomic E-state index is 12.9. The van der Waals surface area contributed by atoms with Gasteiger partial charge in [-0.1, -0.05) is 12.1 Å². The van der Waals surface area contributed by atoms with E-state index in [9.17, 15) is 18.0 Å². The first kappa shape index (κ1) is 17.0. The summed E-state index contributed by atoms with van der Waals surface area (Å²) in [6.07, 6.45) is -3.73. The fourth-order valence-electron chi connectivity index (χ4n) is 2.21. The quantitative estimate of drug-likeness (QED) is 0.917. The Bertz CT molecular complexity index is 516. The number of hydrogen-bond acceptors (Lipinski definition) is 3. The van der Waals surface area contributed by atoms with Crippen molar-refractivity contribution in [3.63, 3.8) is 0 Å². The predicted octanol–water partition coefficient (Wildman–Crippen LogP) is 3.48. The molecule has 1 N–H and O–H groups in total. The zero-order chi connectivity index (χ0) is 16.2. The summed E-state index contributed by atoms with van der Waals surface area (Å²) in [4.78, 5) is 12.1. The number of hydrogen-bond donors (Lipinski definition) is 1. The van der Waals surface area contributed by atoms with E-state index in [1.54, 1.807) is 0 Å². The van der Waals surface area contributed by atoms with E-state index in [2.05, 4.69) is 5.32 Å². The van der Waals surface area contributed by atoms with Crippen LogP contribution >= 0.6 is 11.8 Å². The van der Waals surface area contributed by atoms with Gasteiger partial charge in [0.1, 0.15) is 5.75 Å². The van der Waals surface area contributed by atoms with E-state index in [1.807, 2.05) is 11.8 Å². The number of amides is 1. The smallest absolute Gasteiger partial charge is 0.419 e. The number of nitrogens with one attached hydrogen (secondary N) is 1. The van der Waals surface area contributed by atoms with Crippen LogP contribution in [0.3, 0.4) is 0 Å². The number of benzene rings is 1. The number of rotatable bonds is 4. The zero-order valence-corrected chi connectivity index (χ0v) is 13.0. The van der Waals surface area contributed by atoms with E-state index in [1.165, 1.54) is 25.1 Å². The Morgan fingerprint density at radius 2 is 1.95 bits per heavy atom. The largest absolute Gasteiger partial charge is 0.480 e. The van der Waals surface area contributed by atoms with Gasteiger partial charge in [-0.25, -0.2) is 0 Å². The van der Waals surface area contributed by atoms with Crippen LogP contribution in [0.15, 0.2) is 24.3 Å². The molecule has 0 aromatic heterocycles. The van der Waals surface area contributed by atoms with Crippen LogP contribution in [-0.4, -0.2) is 29.6 Å². The SMILES string of the molecule is C[C@H](Oc1ccccc1C(F)(F)F)C(=O)NC1CCSCC1. The molecule has 2 rings (SSSR count). The van der Waals surface area contributed by atoms with Gasteiger partial charge in [-0.05, 0) is 43.4 Å². The lowest BCUT2D eigenvalue weighted by Gasteiger charge is -2.25. The summed E-state index contributed by atoms with van der Waals surface area (Å²) in [5, 5.41) is 2.84. The van der Waals surface area contributed by atoms with Crippen molar-refractivity contribution < 1.29 is 22.7 Å². The number of para-hydroxylation sites is 1. The molecule has 0 spiro atoms. The third-order valence-electron chi connectivity index (χ3n) is 3.43. The van der Waals surface area contributed by atoms with Crippen LogP contribution in [0.1, 0.15) is 25.3 Å². The van der Waals surface area contributed by atoms with E-state index in [0.717, 1.165) is 30.4 Å². The maximum Gasteiger partial charge on any atom is 0.419 e. The summed E-state index contributed by atoms with van der Waals surface area (Å²) in [5.74, 6) is 1.26. The van der Waals surface area contributed by atoms with Crippen LogP contribution in [0.25, 0.3) is 0 Å². The van der Waals surface area contributed by atoms with E-state index in [-0.39, 0.29) is 17.7 Å². The van der Waals surface area contributed by atoms with Gasteiger partial charge in [0.05, 0.1) is 5.56 Å². The molecule has 0 unspecified atom stereocenters. The van der Waals surface area contributed by atoms with Crippen molar-refractivity contribution in [1.82, 2.24) is 5.32 Å². The molecule has 0 saturated carbocycles. The van der Waals surface area contributed by atoms with Crippen molar-refractivity contribution in [3.8, 4) is 5.75 Å². The molecule has 122 valence electrons. The number of ether oxygens (including phenoxy) is 1. The minimum atomic E-state index is -4.51. The summed E-state index contributed by atoms with van der Waals surface area (Å²) >= 11 is 1.83. The Hall–Kier alpha value is -1.37. The molecule has 0 aliphatic carbocycles. The normalized spacial score (nSPS) is 17.8. The monoisotopic (exact) mass is 333 g/mol. The van der Waals surface area contributed by atoms with Crippen molar-refractivity contribution in [2.75, 3.05) is 11.5 Å². The molecule has 1 aromatic carbocycles. The predicted molar refractivity (Wildman–Crippen MR) is 80.0 cm³/mol. The van der Waals surface area contributed by atoms with E-state index < -0.39 is 17.8 Å². The molecule has 1 heterocycles. The molecule has 22 heavy (non-hydrogen) atoms. The van der Waals surface area contributed by atoms with Crippen molar-refractivity contribution >= 4 is 17.7 Å². The molecular weight excluding hydrogens is 315 g/mol. The fraction of sp³-hybridized carbons (Fsp3) is 0.533. The number of thioether (sulfide) groups is 1. The summed E-state index contributed by atoms with van der Waals surface area (Å²) in [5.41, 5.74) is -0.872. The molecule has 1 aliphatic rings.